The van der Waals surface area contributed by atoms with Crippen LogP contribution >= 0.6 is 15.9 Å². The van der Waals surface area contributed by atoms with E-state index in [1.165, 1.54) is 17.0 Å². The minimum absolute atomic E-state index is 0.176. The van der Waals surface area contributed by atoms with Crippen LogP contribution in [0.1, 0.15) is 29.8 Å². The van der Waals surface area contributed by atoms with Gasteiger partial charge in [-0.25, -0.2) is 4.39 Å². The molecular formula is C14H18BrFN2O2. The summed E-state index contributed by atoms with van der Waals surface area (Å²) >= 11 is 3.21. The van der Waals surface area contributed by atoms with Crippen molar-refractivity contribution in [3.63, 3.8) is 0 Å². The third-order valence-electron chi connectivity index (χ3n) is 2.76. The van der Waals surface area contributed by atoms with E-state index in [4.69, 9.17) is 5.73 Å². The first-order chi connectivity index (χ1) is 9.22. The molecule has 1 aromatic carbocycles. The van der Waals surface area contributed by atoms with Crippen LogP contribution in [0.2, 0.25) is 0 Å². The number of amides is 2. The summed E-state index contributed by atoms with van der Waals surface area (Å²) in [4.78, 5) is 24.9. The molecule has 0 fully saturated rings. The Morgan fingerprint density at radius 1 is 1.40 bits per heavy atom. The number of halogens is 2. The van der Waals surface area contributed by atoms with Crippen LogP contribution in [-0.4, -0.2) is 29.8 Å². The fraction of sp³-hybridized carbons (Fsp3) is 0.429. The molecule has 0 spiro atoms. The maximum atomic E-state index is 13.5. The third-order valence-corrected chi connectivity index (χ3v) is 3.58. The summed E-state index contributed by atoms with van der Waals surface area (Å²) in [5, 5.41) is 0. The molecule has 2 amide bonds. The summed E-state index contributed by atoms with van der Waals surface area (Å²) in [6.45, 7) is 5.78. The quantitative estimate of drug-likeness (QED) is 0.891. The number of carbonyl (C=O) groups excluding carboxylic acids is 2. The maximum absolute atomic E-state index is 13.5. The highest BCUT2D eigenvalue weighted by Gasteiger charge is 2.21. The average molecular weight is 345 g/mol. The molecule has 0 radical (unpaired) electrons. The van der Waals surface area contributed by atoms with Crippen LogP contribution < -0.4 is 5.73 Å². The number of primary amides is 1. The zero-order chi connectivity index (χ0) is 15.4. The Morgan fingerprint density at radius 3 is 2.50 bits per heavy atom. The lowest BCUT2D eigenvalue weighted by Crippen LogP contribution is -2.40. The van der Waals surface area contributed by atoms with E-state index in [0.717, 1.165) is 0 Å². The van der Waals surface area contributed by atoms with Crippen LogP contribution in [0.3, 0.4) is 0 Å². The Hall–Kier alpha value is -1.43. The van der Waals surface area contributed by atoms with Gasteiger partial charge in [-0.1, -0.05) is 29.8 Å². The lowest BCUT2D eigenvalue weighted by Gasteiger charge is -2.24. The molecule has 4 nitrogen and oxygen atoms in total. The standard InChI is InChI=1S/C14H18BrFN2O2/c1-8(2)6-18(7-13(17)19)14(20)11-4-10(16)5-12(15)9(11)3/h4-5,8H,6-7H2,1-3H3,(H2,17,19). The molecule has 2 N–H and O–H groups in total. The summed E-state index contributed by atoms with van der Waals surface area (Å²) in [5.74, 6) is -1.31. The van der Waals surface area contributed by atoms with E-state index in [1.807, 2.05) is 13.8 Å². The molecule has 110 valence electrons. The van der Waals surface area contributed by atoms with Crippen LogP contribution in [0.25, 0.3) is 0 Å². The molecule has 1 aromatic rings. The van der Waals surface area contributed by atoms with Crippen LogP contribution in [0, 0.1) is 18.7 Å². The topological polar surface area (TPSA) is 63.4 Å². The highest BCUT2D eigenvalue weighted by Crippen LogP contribution is 2.23. The second-order valence-electron chi connectivity index (χ2n) is 5.11. The second kappa shape index (κ2) is 6.83. The molecular weight excluding hydrogens is 327 g/mol. The molecule has 0 aliphatic rings. The van der Waals surface area contributed by atoms with Crippen LogP contribution in [0.15, 0.2) is 16.6 Å². The largest absolute Gasteiger partial charge is 0.368 e. The SMILES string of the molecule is Cc1c(Br)cc(F)cc1C(=O)N(CC(N)=O)CC(C)C. The van der Waals surface area contributed by atoms with Crippen molar-refractivity contribution in [2.45, 2.75) is 20.8 Å². The van der Waals surface area contributed by atoms with Crippen LogP contribution in [-0.2, 0) is 4.79 Å². The first-order valence-electron chi connectivity index (χ1n) is 6.25. The Morgan fingerprint density at radius 2 is 2.00 bits per heavy atom. The second-order valence-corrected chi connectivity index (χ2v) is 5.96. The van der Waals surface area contributed by atoms with E-state index >= 15 is 0 Å². The number of hydrogen-bond donors (Lipinski definition) is 1. The first-order valence-corrected chi connectivity index (χ1v) is 7.05. The first kappa shape index (κ1) is 16.6. The number of carbonyl (C=O) groups is 2. The Kier molecular flexibility index (Phi) is 5.68. The molecule has 0 bridgehead atoms. The molecule has 0 saturated carbocycles. The van der Waals surface area contributed by atoms with Crippen LogP contribution in [0.5, 0.6) is 0 Å². The molecule has 0 aliphatic carbocycles. The Balaban J connectivity index is 3.14. The molecule has 0 heterocycles. The summed E-state index contributed by atoms with van der Waals surface area (Å²) < 4.78 is 14.0. The Bertz CT molecular complexity index is 532. The third kappa shape index (κ3) is 4.30. The van der Waals surface area contributed by atoms with Crippen molar-refractivity contribution in [2.75, 3.05) is 13.1 Å². The fourth-order valence-corrected chi connectivity index (χ4v) is 2.32. The number of nitrogens with two attached hydrogens (primary N) is 1. The molecule has 0 saturated heterocycles. The van der Waals surface area contributed by atoms with Crippen molar-refractivity contribution in [1.29, 1.82) is 0 Å². The van der Waals surface area contributed by atoms with Gasteiger partial charge in [0.2, 0.25) is 5.91 Å². The van der Waals surface area contributed by atoms with E-state index in [9.17, 15) is 14.0 Å². The molecule has 20 heavy (non-hydrogen) atoms. The molecule has 0 aliphatic heterocycles. The highest BCUT2D eigenvalue weighted by atomic mass is 79.9. The monoisotopic (exact) mass is 344 g/mol. The minimum Gasteiger partial charge on any atom is -0.368 e. The van der Waals surface area contributed by atoms with Crippen LogP contribution in [0.4, 0.5) is 4.39 Å². The lowest BCUT2D eigenvalue weighted by molar-refractivity contribution is -0.118. The van der Waals surface area contributed by atoms with Gasteiger partial charge >= 0.3 is 0 Å². The van der Waals surface area contributed by atoms with Gasteiger partial charge < -0.3 is 10.6 Å². The van der Waals surface area contributed by atoms with Gasteiger partial charge in [-0.2, -0.15) is 0 Å². The highest BCUT2D eigenvalue weighted by molar-refractivity contribution is 9.10. The predicted molar refractivity (Wildman–Crippen MR) is 78.8 cm³/mol. The lowest BCUT2D eigenvalue weighted by atomic mass is 10.1. The van der Waals surface area contributed by atoms with Crippen molar-refractivity contribution in [3.8, 4) is 0 Å². The van der Waals surface area contributed by atoms with Crippen molar-refractivity contribution in [2.24, 2.45) is 11.7 Å². The summed E-state index contributed by atoms with van der Waals surface area (Å²) in [6, 6.07) is 2.48. The van der Waals surface area contributed by atoms with E-state index in [0.29, 0.717) is 16.6 Å². The smallest absolute Gasteiger partial charge is 0.254 e. The number of benzene rings is 1. The average Bonchev–Trinajstić information content (AvgIpc) is 2.30. The predicted octanol–water partition coefficient (Wildman–Crippen LogP) is 2.48. The maximum Gasteiger partial charge on any atom is 0.254 e. The van der Waals surface area contributed by atoms with Crippen molar-refractivity contribution < 1.29 is 14.0 Å². The Labute approximate surface area is 126 Å². The summed E-state index contributed by atoms with van der Waals surface area (Å²) in [6.07, 6.45) is 0. The molecule has 1 rings (SSSR count). The molecule has 0 aromatic heterocycles. The zero-order valence-electron chi connectivity index (χ0n) is 11.7. The van der Waals surface area contributed by atoms with Crippen molar-refractivity contribution >= 4 is 27.7 Å². The summed E-state index contributed by atoms with van der Waals surface area (Å²) in [7, 11) is 0. The zero-order valence-corrected chi connectivity index (χ0v) is 13.3. The molecule has 0 atom stereocenters. The van der Waals surface area contributed by atoms with E-state index in [-0.39, 0.29) is 18.0 Å². The minimum atomic E-state index is -0.591. The number of nitrogens with zero attached hydrogens (tertiary/aromatic N) is 1. The van der Waals surface area contributed by atoms with Gasteiger partial charge in [0.1, 0.15) is 5.82 Å². The van der Waals surface area contributed by atoms with Gasteiger partial charge in [0.05, 0.1) is 6.54 Å². The van der Waals surface area contributed by atoms with E-state index < -0.39 is 17.6 Å². The van der Waals surface area contributed by atoms with Gasteiger partial charge in [-0.3, -0.25) is 9.59 Å². The fourth-order valence-electron chi connectivity index (χ4n) is 1.89. The number of rotatable bonds is 5. The van der Waals surface area contributed by atoms with Gasteiger partial charge in [0.25, 0.3) is 5.91 Å². The van der Waals surface area contributed by atoms with E-state index in [1.54, 1.807) is 6.92 Å². The molecule has 6 heteroatoms. The van der Waals surface area contributed by atoms with Crippen molar-refractivity contribution in [1.82, 2.24) is 4.90 Å². The van der Waals surface area contributed by atoms with E-state index in [2.05, 4.69) is 15.9 Å². The van der Waals surface area contributed by atoms with Gasteiger partial charge in [0, 0.05) is 16.6 Å². The van der Waals surface area contributed by atoms with Gasteiger partial charge in [-0.05, 0) is 30.5 Å². The summed E-state index contributed by atoms with van der Waals surface area (Å²) in [5.41, 5.74) is 6.04. The number of hydrogen-bond acceptors (Lipinski definition) is 2. The van der Waals surface area contributed by atoms with Gasteiger partial charge in [0.15, 0.2) is 0 Å². The normalized spacial score (nSPS) is 10.7. The van der Waals surface area contributed by atoms with Crippen molar-refractivity contribution in [3.05, 3.63) is 33.5 Å². The molecule has 0 unspecified atom stereocenters. The van der Waals surface area contributed by atoms with Gasteiger partial charge in [-0.15, -0.1) is 0 Å².